The van der Waals surface area contributed by atoms with E-state index < -0.39 is 0 Å². The Balaban J connectivity index is 2.06. The van der Waals surface area contributed by atoms with Crippen molar-refractivity contribution in [2.45, 2.75) is 32.7 Å². The first-order valence-corrected chi connectivity index (χ1v) is 7.44. The van der Waals surface area contributed by atoms with E-state index in [0.29, 0.717) is 12.2 Å². The van der Waals surface area contributed by atoms with Crippen LogP contribution in [0, 0.1) is 5.82 Å². The lowest BCUT2D eigenvalue weighted by Gasteiger charge is -2.19. The fraction of sp³-hybridized carbons (Fsp3) is 0.294. The number of anilines is 1. The van der Waals surface area contributed by atoms with Crippen LogP contribution in [0.2, 0.25) is 0 Å². The van der Waals surface area contributed by atoms with Gasteiger partial charge < -0.3 is 5.32 Å². The predicted octanol–water partition coefficient (Wildman–Crippen LogP) is 5.50. The maximum absolute atomic E-state index is 13.6. The van der Waals surface area contributed by atoms with Gasteiger partial charge in [-0.3, -0.25) is 0 Å². The summed E-state index contributed by atoms with van der Waals surface area (Å²) in [6, 6.07) is 13.3. The largest absolute Gasteiger partial charge is 0.379 e. The highest BCUT2D eigenvalue weighted by atomic mass is 79.9. The molecular weight excluding hydrogens is 317 g/mol. The normalized spacial score (nSPS) is 11.4. The van der Waals surface area contributed by atoms with Crippen LogP contribution < -0.4 is 5.32 Å². The van der Waals surface area contributed by atoms with Crippen molar-refractivity contribution in [2.24, 2.45) is 0 Å². The van der Waals surface area contributed by atoms with Gasteiger partial charge in [0, 0.05) is 11.0 Å². The Kier molecular flexibility index (Phi) is 4.48. The number of halogens is 2. The van der Waals surface area contributed by atoms with Gasteiger partial charge in [0.1, 0.15) is 5.82 Å². The smallest absolute Gasteiger partial charge is 0.146 e. The lowest BCUT2D eigenvalue weighted by atomic mass is 9.87. The van der Waals surface area contributed by atoms with Crippen LogP contribution in [0.4, 0.5) is 10.1 Å². The van der Waals surface area contributed by atoms with Gasteiger partial charge in [0.05, 0.1) is 5.69 Å². The van der Waals surface area contributed by atoms with Gasteiger partial charge in [-0.2, -0.15) is 0 Å². The molecule has 2 aromatic carbocycles. The third-order valence-electron chi connectivity index (χ3n) is 3.23. The van der Waals surface area contributed by atoms with Crippen LogP contribution in [-0.2, 0) is 12.0 Å². The van der Waals surface area contributed by atoms with Crippen molar-refractivity contribution in [1.82, 2.24) is 0 Å². The summed E-state index contributed by atoms with van der Waals surface area (Å²) >= 11 is 3.35. The molecule has 3 heteroatoms. The van der Waals surface area contributed by atoms with E-state index in [-0.39, 0.29) is 11.2 Å². The molecule has 0 amide bonds. The molecule has 106 valence electrons. The third kappa shape index (κ3) is 3.83. The Morgan fingerprint density at radius 1 is 1.05 bits per heavy atom. The van der Waals surface area contributed by atoms with Crippen molar-refractivity contribution in [3.63, 3.8) is 0 Å². The van der Waals surface area contributed by atoms with Crippen molar-refractivity contribution in [1.29, 1.82) is 0 Å². The van der Waals surface area contributed by atoms with Crippen molar-refractivity contribution in [2.75, 3.05) is 5.32 Å². The minimum Gasteiger partial charge on any atom is -0.379 e. The van der Waals surface area contributed by atoms with Gasteiger partial charge in [-0.15, -0.1) is 0 Å². The van der Waals surface area contributed by atoms with E-state index >= 15 is 0 Å². The SMILES string of the molecule is CC(C)(C)c1ccc(CNc2cc(Br)ccc2F)cc1. The Morgan fingerprint density at radius 2 is 1.70 bits per heavy atom. The quantitative estimate of drug-likeness (QED) is 0.781. The summed E-state index contributed by atoms with van der Waals surface area (Å²) in [6.07, 6.45) is 0. The van der Waals surface area contributed by atoms with Crippen LogP contribution in [0.25, 0.3) is 0 Å². The van der Waals surface area contributed by atoms with Gasteiger partial charge in [0.2, 0.25) is 0 Å². The summed E-state index contributed by atoms with van der Waals surface area (Å²) in [6.45, 7) is 7.18. The van der Waals surface area contributed by atoms with Crippen molar-refractivity contribution in [3.8, 4) is 0 Å². The van der Waals surface area contributed by atoms with Crippen LogP contribution in [0.3, 0.4) is 0 Å². The van der Waals surface area contributed by atoms with E-state index in [1.165, 1.54) is 11.6 Å². The molecule has 0 fully saturated rings. The summed E-state index contributed by atoms with van der Waals surface area (Å²) in [7, 11) is 0. The Labute approximate surface area is 128 Å². The molecule has 0 atom stereocenters. The van der Waals surface area contributed by atoms with Crippen LogP contribution >= 0.6 is 15.9 Å². The van der Waals surface area contributed by atoms with E-state index in [1.807, 2.05) is 0 Å². The first-order valence-electron chi connectivity index (χ1n) is 6.64. The van der Waals surface area contributed by atoms with Crippen LogP contribution in [-0.4, -0.2) is 0 Å². The summed E-state index contributed by atoms with van der Waals surface area (Å²) < 4.78 is 14.5. The van der Waals surface area contributed by atoms with Gasteiger partial charge >= 0.3 is 0 Å². The van der Waals surface area contributed by atoms with Crippen molar-refractivity contribution in [3.05, 3.63) is 63.9 Å². The summed E-state index contributed by atoms with van der Waals surface area (Å²) in [5, 5.41) is 3.12. The molecule has 0 heterocycles. The average Bonchev–Trinajstić information content (AvgIpc) is 2.39. The molecule has 0 aliphatic rings. The first-order chi connectivity index (χ1) is 9.36. The molecule has 2 aromatic rings. The molecule has 0 aromatic heterocycles. The van der Waals surface area contributed by atoms with E-state index in [9.17, 15) is 4.39 Å². The summed E-state index contributed by atoms with van der Waals surface area (Å²) in [5.74, 6) is -0.237. The molecule has 0 aliphatic heterocycles. The monoisotopic (exact) mass is 335 g/mol. The second-order valence-electron chi connectivity index (χ2n) is 5.92. The number of hydrogen-bond acceptors (Lipinski definition) is 1. The number of nitrogens with one attached hydrogen (secondary N) is 1. The first kappa shape index (κ1) is 15.0. The van der Waals surface area contributed by atoms with Gasteiger partial charge in [-0.1, -0.05) is 61.0 Å². The number of benzene rings is 2. The van der Waals surface area contributed by atoms with E-state index in [4.69, 9.17) is 0 Å². The highest BCUT2D eigenvalue weighted by Crippen LogP contribution is 2.23. The van der Waals surface area contributed by atoms with Gasteiger partial charge in [-0.25, -0.2) is 4.39 Å². The molecule has 0 spiro atoms. The molecule has 20 heavy (non-hydrogen) atoms. The minimum absolute atomic E-state index is 0.155. The maximum Gasteiger partial charge on any atom is 0.146 e. The number of rotatable bonds is 3. The zero-order valence-electron chi connectivity index (χ0n) is 12.0. The summed E-state index contributed by atoms with van der Waals surface area (Å²) in [4.78, 5) is 0. The Morgan fingerprint density at radius 3 is 2.30 bits per heavy atom. The van der Waals surface area contributed by atoms with E-state index in [1.54, 1.807) is 12.1 Å². The minimum atomic E-state index is -0.237. The third-order valence-corrected chi connectivity index (χ3v) is 3.72. The fourth-order valence-electron chi connectivity index (χ4n) is 1.95. The topological polar surface area (TPSA) is 12.0 Å². The highest BCUT2D eigenvalue weighted by Gasteiger charge is 2.12. The highest BCUT2D eigenvalue weighted by molar-refractivity contribution is 9.10. The van der Waals surface area contributed by atoms with Crippen molar-refractivity contribution < 1.29 is 4.39 Å². The van der Waals surface area contributed by atoms with Gasteiger partial charge in [0.25, 0.3) is 0 Å². The lowest BCUT2D eigenvalue weighted by molar-refractivity contribution is 0.590. The zero-order chi connectivity index (χ0) is 14.8. The Bertz CT molecular complexity index is 585. The Hall–Kier alpha value is -1.35. The zero-order valence-corrected chi connectivity index (χ0v) is 13.6. The predicted molar refractivity (Wildman–Crippen MR) is 86.6 cm³/mol. The lowest BCUT2D eigenvalue weighted by Crippen LogP contribution is -2.11. The second kappa shape index (κ2) is 5.96. The van der Waals surface area contributed by atoms with E-state index in [2.05, 4.69) is 66.3 Å². The second-order valence-corrected chi connectivity index (χ2v) is 6.84. The van der Waals surface area contributed by atoms with Crippen molar-refractivity contribution >= 4 is 21.6 Å². The standard InChI is InChI=1S/C17H19BrFN/c1-17(2,3)13-6-4-12(5-7-13)11-20-16-10-14(18)8-9-15(16)19/h4-10,20H,11H2,1-3H3. The molecule has 1 nitrogen and oxygen atoms in total. The molecule has 0 saturated carbocycles. The molecule has 0 bridgehead atoms. The molecule has 0 saturated heterocycles. The van der Waals surface area contributed by atoms with Crippen LogP contribution in [0.1, 0.15) is 31.9 Å². The fourth-order valence-corrected chi connectivity index (χ4v) is 2.31. The van der Waals surface area contributed by atoms with Crippen LogP contribution in [0.5, 0.6) is 0 Å². The van der Waals surface area contributed by atoms with Gasteiger partial charge in [-0.05, 0) is 34.7 Å². The average molecular weight is 336 g/mol. The molecule has 2 rings (SSSR count). The maximum atomic E-state index is 13.6. The molecule has 1 N–H and O–H groups in total. The number of hydrogen-bond donors (Lipinski definition) is 1. The summed E-state index contributed by atoms with van der Waals surface area (Å²) in [5.41, 5.74) is 3.11. The van der Waals surface area contributed by atoms with Gasteiger partial charge in [0.15, 0.2) is 0 Å². The van der Waals surface area contributed by atoms with E-state index in [0.717, 1.165) is 10.0 Å². The van der Waals surface area contributed by atoms with Crippen LogP contribution in [0.15, 0.2) is 46.9 Å². The molecule has 0 aliphatic carbocycles. The molecule has 0 unspecified atom stereocenters. The molecular formula is C17H19BrFN. The molecule has 0 radical (unpaired) electrons.